The lowest BCUT2D eigenvalue weighted by atomic mass is 9.96. The normalized spacial score (nSPS) is 14.0. The molecule has 21 heavy (non-hydrogen) atoms. The van der Waals surface area contributed by atoms with Gasteiger partial charge in [0, 0.05) is 4.91 Å². The molecule has 0 amide bonds. The van der Waals surface area contributed by atoms with Gasteiger partial charge in [0.25, 0.3) is 0 Å². The van der Waals surface area contributed by atoms with Crippen molar-refractivity contribution in [3.63, 3.8) is 0 Å². The molecule has 0 aliphatic rings. The molecular formula is C19H23FS. The van der Waals surface area contributed by atoms with Gasteiger partial charge in [-0.25, -0.2) is 0 Å². The number of allylic oxidation sites excluding steroid dienone is 6. The van der Waals surface area contributed by atoms with E-state index >= 15 is 0 Å². The van der Waals surface area contributed by atoms with Gasteiger partial charge < -0.3 is 0 Å². The van der Waals surface area contributed by atoms with E-state index in [0.29, 0.717) is 4.91 Å². The topological polar surface area (TPSA) is 0 Å². The molecule has 0 saturated heterocycles. The molecule has 0 nitrogen and oxygen atoms in total. The van der Waals surface area contributed by atoms with E-state index in [1.807, 2.05) is 25.1 Å². The maximum Gasteiger partial charge on any atom is 0.0814 e. The average Bonchev–Trinajstić information content (AvgIpc) is 2.48. The van der Waals surface area contributed by atoms with Crippen LogP contribution in [0.2, 0.25) is 0 Å². The Morgan fingerprint density at radius 2 is 1.90 bits per heavy atom. The van der Waals surface area contributed by atoms with Gasteiger partial charge in [0.1, 0.15) is 0 Å². The summed E-state index contributed by atoms with van der Waals surface area (Å²) in [4.78, 5) is 0.559. The first-order chi connectivity index (χ1) is 10.0. The van der Waals surface area contributed by atoms with Crippen molar-refractivity contribution >= 4 is 17.7 Å². The van der Waals surface area contributed by atoms with Gasteiger partial charge in [0.05, 0.1) is 12.1 Å². The number of benzene rings is 1. The summed E-state index contributed by atoms with van der Waals surface area (Å²) in [5.74, 6) is 0. The van der Waals surface area contributed by atoms with Crippen LogP contribution in [0.3, 0.4) is 0 Å². The smallest absolute Gasteiger partial charge is 0.0814 e. The van der Waals surface area contributed by atoms with E-state index in [2.05, 4.69) is 45.6 Å². The Hall–Kier alpha value is -1.54. The van der Waals surface area contributed by atoms with Crippen LogP contribution >= 0.6 is 12.1 Å². The van der Waals surface area contributed by atoms with E-state index in [1.165, 1.54) is 16.7 Å². The SMILES string of the molecule is C=C/C(SF)=C(C)/C=C(\C=C(\C)CC)c1ccccc1C. The molecule has 0 aliphatic carbocycles. The Labute approximate surface area is 132 Å². The third-order valence-electron chi connectivity index (χ3n) is 3.44. The Bertz CT molecular complexity index is 591. The molecule has 1 rings (SSSR count). The van der Waals surface area contributed by atoms with E-state index in [0.717, 1.165) is 17.6 Å². The van der Waals surface area contributed by atoms with Gasteiger partial charge in [-0.2, -0.15) is 3.89 Å². The minimum atomic E-state index is 0.240. The van der Waals surface area contributed by atoms with Gasteiger partial charge in [-0.1, -0.05) is 61.6 Å². The predicted molar refractivity (Wildman–Crippen MR) is 94.8 cm³/mol. The first kappa shape index (κ1) is 17.5. The lowest BCUT2D eigenvalue weighted by Crippen LogP contribution is -1.89. The monoisotopic (exact) mass is 302 g/mol. The zero-order valence-electron chi connectivity index (χ0n) is 13.2. The van der Waals surface area contributed by atoms with Crippen molar-refractivity contribution in [2.75, 3.05) is 0 Å². The summed E-state index contributed by atoms with van der Waals surface area (Å²) in [7, 11) is 0. The number of hydrogen-bond acceptors (Lipinski definition) is 1. The quantitative estimate of drug-likeness (QED) is 0.520. The second-order valence-electron chi connectivity index (χ2n) is 5.09. The fourth-order valence-electron chi connectivity index (χ4n) is 2.02. The second kappa shape index (κ2) is 8.68. The molecule has 0 atom stereocenters. The Morgan fingerprint density at radius 3 is 2.43 bits per heavy atom. The minimum Gasteiger partial charge on any atom is -0.160 e. The lowest BCUT2D eigenvalue weighted by Gasteiger charge is -2.10. The average molecular weight is 302 g/mol. The van der Waals surface area contributed by atoms with Crippen LogP contribution in [0.4, 0.5) is 3.89 Å². The number of hydrogen-bond donors (Lipinski definition) is 0. The van der Waals surface area contributed by atoms with Crippen molar-refractivity contribution in [2.24, 2.45) is 0 Å². The van der Waals surface area contributed by atoms with E-state index in [-0.39, 0.29) is 12.1 Å². The van der Waals surface area contributed by atoms with Gasteiger partial charge in [-0.05, 0) is 49.5 Å². The van der Waals surface area contributed by atoms with Crippen molar-refractivity contribution < 1.29 is 3.89 Å². The zero-order valence-corrected chi connectivity index (χ0v) is 14.1. The van der Waals surface area contributed by atoms with Gasteiger partial charge >= 0.3 is 0 Å². The lowest BCUT2D eigenvalue weighted by molar-refractivity contribution is 0.944. The highest BCUT2D eigenvalue weighted by Gasteiger charge is 2.05. The molecule has 0 spiro atoms. The van der Waals surface area contributed by atoms with Crippen molar-refractivity contribution in [3.8, 4) is 0 Å². The summed E-state index contributed by atoms with van der Waals surface area (Å²) in [6.45, 7) is 11.9. The van der Waals surface area contributed by atoms with Crippen molar-refractivity contribution in [2.45, 2.75) is 34.1 Å². The fraction of sp³-hybridized carbons (Fsp3) is 0.263. The van der Waals surface area contributed by atoms with Crippen LogP contribution in [0.25, 0.3) is 5.57 Å². The standard InChI is InChI=1S/C19H23FS/c1-6-14(3)12-17(13-16(5)19(7-2)21-20)18-11-9-8-10-15(18)4/h7-13H,2,6H2,1,3-5H3/b14-12-,17-13+,19-16-. The highest BCUT2D eigenvalue weighted by molar-refractivity contribution is 7.98. The summed E-state index contributed by atoms with van der Waals surface area (Å²) in [6.07, 6.45) is 6.76. The second-order valence-corrected chi connectivity index (χ2v) is 5.68. The summed E-state index contributed by atoms with van der Waals surface area (Å²) >= 11 is 0.240. The number of halogens is 1. The summed E-state index contributed by atoms with van der Waals surface area (Å²) in [5, 5.41) is 0. The van der Waals surface area contributed by atoms with Crippen LogP contribution in [0.5, 0.6) is 0 Å². The van der Waals surface area contributed by atoms with E-state index in [9.17, 15) is 3.89 Å². The van der Waals surface area contributed by atoms with Crippen LogP contribution in [0.1, 0.15) is 38.3 Å². The zero-order chi connectivity index (χ0) is 15.8. The third-order valence-corrected chi connectivity index (χ3v) is 4.10. The number of rotatable bonds is 6. The molecule has 0 fully saturated rings. The molecule has 112 valence electrons. The molecular weight excluding hydrogens is 279 g/mol. The molecule has 0 N–H and O–H groups in total. The Morgan fingerprint density at radius 1 is 1.24 bits per heavy atom. The van der Waals surface area contributed by atoms with Crippen LogP contribution < -0.4 is 0 Å². The van der Waals surface area contributed by atoms with Crippen LogP contribution in [0.15, 0.2) is 65.1 Å². The molecule has 0 unspecified atom stereocenters. The van der Waals surface area contributed by atoms with Crippen LogP contribution in [-0.4, -0.2) is 0 Å². The molecule has 0 saturated carbocycles. The molecule has 0 aromatic heterocycles. The Balaban J connectivity index is 3.44. The highest BCUT2D eigenvalue weighted by Crippen LogP contribution is 2.28. The van der Waals surface area contributed by atoms with E-state index in [4.69, 9.17) is 0 Å². The summed E-state index contributed by atoms with van der Waals surface area (Å²) < 4.78 is 12.9. The van der Waals surface area contributed by atoms with Gasteiger partial charge in [0.2, 0.25) is 0 Å². The molecule has 0 aliphatic heterocycles. The molecule has 2 heteroatoms. The van der Waals surface area contributed by atoms with E-state index in [1.54, 1.807) is 6.08 Å². The fourth-order valence-corrected chi connectivity index (χ4v) is 2.26. The maximum absolute atomic E-state index is 12.9. The van der Waals surface area contributed by atoms with Crippen LogP contribution in [0, 0.1) is 6.92 Å². The predicted octanol–water partition coefficient (Wildman–Crippen LogP) is 6.81. The van der Waals surface area contributed by atoms with Gasteiger partial charge in [0.15, 0.2) is 0 Å². The van der Waals surface area contributed by atoms with Crippen molar-refractivity contribution in [3.05, 3.63) is 76.3 Å². The van der Waals surface area contributed by atoms with E-state index < -0.39 is 0 Å². The van der Waals surface area contributed by atoms with Crippen LogP contribution in [-0.2, 0) is 0 Å². The largest absolute Gasteiger partial charge is 0.160 e. The molecule has 0 bridgehead atoms. The molecule has 1 aromatic carbocycles. The Kier molecular flexibility index (Phi) is 7.24. The summed E-state index contributed by atoms with van der Waals surface area (Å²) in [5.41, 5.74) is 5.68. The van der Waals surface area contributed by atoms with Gasteiger partial charge in [-0.15, -0.1) is 0 Å². The van der Waals surface area contributed by atoms with Crippen molar-refractivity contribution in [1.29, 1.82) is 0 Å². The molecule has 0 heterocycles. The van der Waals surface area contributed by atoms with Crippen molar-refractivity contribution in [1.82, 2.24) is 0 Å². The maximum atomic E-state index is 12.9. The molecule has 1 aromatic rings. The molecule has 0 radical (unpaired) electrons. The first-order valence-electron chi connectivity index (χ1n) is 7.10. The first-order valence-corrected chi connectivity index (χ1v) is 7.81. The third kappa shape index (κ3) is 5.05. The summed E-state index contributed by atoms with van der Waals surface area (Å²) in [6, 6.07) is 8.25. The highest BCUT2D eigenvalue weighted by atomic mass is 32.2. The number of aryl methyl sites for hydroxylation is 1. The minimum absolute atomic E-state index is 0.240. The van der Waals surface area contributed by atoms with Gasteiger partial charge in [-0.3, -0.25) is 0 Å².